The summed E-state index contributed by atoms with van der Waals surface area (Å²) in [6.45, 7) is 1.70. The van der Waals surface area contributed by atoms with Crippen LogP contribution in [0.4, 0.5) is 5.82 Å². The van der Waals surface area contributed by atoms with Crippen LogP contribution in [0.25, 0.3) is 0 Å². The average molecular weight is 254 g/mol. The molecule has 0 aliphatic carbocycles. The summed E-state index contributed by atoms with van der Waals surface area (Å²) in [4.78, 5) is 39.8. The number of fused-ring (bicyclic) bond motifs is 1. The van der Waals surface area contributed by atoms with Crippen molar-refractivity contribution in [2.45, 2.75) is 6.92 Å². The molecular weight excluding hydrogens is 244 g/mol. The maximum Gasteiger partial charge on any atom is 0.267 e. The monoisotopic (exact) mass is 254 g/mol. The van der Waals surface area contributed by atoms with Crippen LogP contribution in [-0.2, 0) is 0 Å². The van der Waals surface area contributed by atoms with Crippen LogP contribution < -0.4 is 10.3 Å². The number of carbonyl (C=O) groups is 2. The lowest BCUT2D eigenvalue weighted by Crippen LogP contribution is -2.31. The van der Waals surface area contributed by atoms with Gasteiger partial charge < -0.3 is 4.98 Å². The Labute approximate surface area is 108 Å². The second-order valence-corrected chi connectivity index (χ2v) is 4.38. The van der Waals surface area contributed by atoms with Gasteiger partial charge in [0.2, 0.25) is 0 Å². The molecule has 3 rings (SSSR count). The predicted octanol–water partition coefficient (Wildman–Crippen LogP) is 1.48. The fourth-order valence-electron chi connectivity index (χ4n) is 2.19. The minimum Gasteiger partial charge on any atom is -0.345 e. The van der Waals surface area contributed by atoms with Gasteiger partial charge in [-0.3, -0.25) is 14.4 Å². The lowest BCUT2D eigenvalue weighted by molar-refractivity contribution is 0.0925. The molecule has 1 aromatic heterocycles. The molecule has 2 amide bonds. The zero-order valence-corrected chi connectivity index (χ0v) is 10.1. The van der Waals surface area contributed by atoms with Crippen molar-refractivity contribution >= 4 is 17.6 Å². The number of H-pyrrole nitrogens is 1. The van der Waals surface area contributed by atoms with Crippen molar-refractivity contribution < 1.29 is 9.59 Å². The minimum absolute atomic E-state index is 0.205. The van der Waals surface area contributed by atoms with Gasteiger partial charge in [0.1, 0.15) is 5.82 Å². The van der Waals surface area contributed by atoms with E-state index in [1.165, 1.54) is 12.1 Å². The van der Waals surface area contributed by atoms with Crippen LogP contribution in [0.3, 0.4) is 0 Å². The van der Waals surface area contributed by atoms with Gasteiger partial charge in [0.25, 0.3) is 11.8 Å². The van der Waals surface area contributed by atoms with Crippen molar-refractivity contribution in [2.24, 2.45) is 0 Å². The van der Waals surface area contributed by atoms with E-state index < -0.39 is 11.8 Å². The fraction of sp³-hybridized carbons (Fsp3) is 0.0714. The highest BCUT2D eigenvalue weighted by Crippen LogP contribution is 2.26. The van der Waals surface area contributed by atoms with E-state index in [0.717, 1.165) is 4.90 Å². The van der Waals surface area contributed by atoms with Gasteiger partial charge in [-0.25, -0.2) is 4.90 Å². The second-order valence-electron chi connectivity index (χ2n) is 4.38. The first-order valence-corrected chi connectivity index (χ1v) is 5.77. The number of nitrogens with one attached hydrogen (secondary N) is 1. The molecule has 0 saturated heterocycles. The average Bonchev–Trinajstić information content (AvgIpc) is 2.61. The summed E-state index contributed by atoms with van der Waals surface area (Å²) in [6, 6.07) is 9.25. The standard InChI is InChI=1S/C14H10N2O3/c1-8-6-9(17)7-12(15-8)16-13(18)10-4-2-3-5-11(10)14(16)19/h2-7H,1H3,(H,15,17). The van der Waals surface area contributed by atoms with Gasteiger partial charge >= 0.3 is 0 Å². The van der Waals surface area contributed by atoms with Crippen LogP contribution >= 0.6 is 0 Å². The minimum atomic E-state index is -0.415. The third-order valence-corrected chi connectivity index (χ3v) is 3.00. The molecule has 19 heavy (non-hydrogen) atoms. The Bertz CT molecular complexity index is 726. The Morgan fingerprint density at radius 3 is 2.05 bits per heavy atom. The third kappa shape index (κ3) is 1.67. The van der Waals surface area contributed by atoms with Crippen molar-refractivity contribution in [1.82, 2.24) is 4.98 Å². The topological polar surface area (TPSA) is 70.2 Å². The van der Waals surface area contributed by atoms with Gasteiger partial charge in [0.05, 0.1) is 11.1 Å². The number of aryl methyl sites for hydroxylation is 1. The van der Waals surface area contributed by atoms with Crippen LogP contribution in [0.1, 0.15) is 26.4 Å². The van der Waals surface area contributed by atoms with Gasteiger partial charge in [-0.05, 0) is 19.1 Å². The molecule has 1 aromatic carbocycles. The molecule has 0 radical (unpaired) electrons. The number of amides is 2. The predicted molar refractivity (Wildman–Crippen MR) is 69.4 cm³/mol. The fourth-order valence-corrected chi connectivity index (χ4v) is 2.19. The Kier molecular flexibility index (Phi) is 2.35. The molecule has 0 atom stereocenters. The molecule has 0 saturated carbocycles. The van der Waals surface area contributed by atoms with E-state index in [1.807, 2.05) is 0 Å². The summed E-state index contributed by atoms with van der Waals surface area (Å²) in [5.74, 6) is -0.625. The Morgan fingerprint density at radius 1 is 0.947 bits per heavy atom. The number of hydrogen-bond acceptors (Lipinski definition) is 3. The van der Waals surface area contributed by atoms with Crippen LogP contribution in [-0.4, -0.2) is 16.8 Å². The summed E-state index contributed by atoms with van der Waals surface area (Å²) >= 11 is 0. The van der Waals surface area contributed by atoms with Crippen molar-refractivity contribution in [2.75, 3.05) is 4.90 Å². The highest BCUT2D eigenvalue weighted by Gasteiger charge is 2.36. The highest BCUT2D eigenvalue weighted by atomic mass is 16.2. The number of nitrogens with zero attached hydrogens (tertiary/aromatic N) is 1. The first-order valence-electron chi connectivity index (χ1n) is 5.77. The van der Waals surface area contributed by atoms with Crippen LogP contribution in [0.15, 0.2) is 41.2 Å². The number of anilines is 1. The molecule has 1 aliphatic rings. The number of rotatable bonds is 1. The summed E-state index contributed by atoms with van der Waals surface area (Å²) < 4.78 is 0. The Balaban J connectivity index is 2.16. The van der Waals surface area contributed by atoms with Crippen molar-refractivity contribution in [3.05, 3.63) is 63.4 Å². The van der Waals surface area contributed by atoms with Gasteiger partial charge in [-0.1, -0.05) is 12.1 Å². The number of aromatic nitrogens is 1. The first kappa shape index (κ1) is 11.4. The smallest absolute Gasteiger partial charge is 0.267 e. The van der Waals surface area contributed by atoms with Gasteiger partial charge in [-0.15, -0.1) is 0 Å². The largest absolute Gasteiger partial charge is 0.345 e. The molecular formula is C14H10N2O3. The number of imide groups is 1. The van der Waals surface area contributed by atoms with Gasteiger partial charge in [-0.2, -0.15) is 0 Å². The maximum atomic E-state index is 12.2. The van der Waals surface area contributed by atoms with Crippen molar-refractivity contribution in [3.63, 3.8) is 0 Å². The Hall–Kier alpha value is -2.69. The number of aromatic amines is 1. The molecule has 5 nitrogen and oxygen atoms in total. The molecule has 0 fully saturated rings. The van der Waals surface area contributed by atoms with E-state index in [9.17, 15) is 14.4 Å². The zero-order chi connectivity index (χ0) is 13.6. The van der Waals surface area contributed by atoms with E-state index in [-0.39, 0.29) is 11.2 Å². The van der Waals surface area contributed by atoms with Gasteiger partial charge in [0.15, 0.2) is 5.43 Å². The van der Waals surface area contributed by atoms with Crippen LogP contribution in [0.2, 0.25) is 0 Å². The SMILES string of the molecule is Cc1cc(=O)cc(N2C(=O)c3ccccc3C2=O)[nH]1. The molecule has 0 spiro atoms. The van der Waals surface area contributed by atoms with Crippen LogP contribution in [0, 0.1) is 6.92 Å². The molecule has 2 aromatic rings. The van der Waals surface area contributed by atoms with Crippen LogP contribution in [0.5, 0.6) is 0 Å². The molecule has 2 heterocycles. The van der Waals surface area contributed by atoms with Crippen molar-refractivity contribution in [3.8, 4) is 0 Å². The summed E-state index contributed by atoms with van der Waals surface area (Å²) in [7, 11) is 0. The lowest BCUT2D eigenvalue weighted by Gasteiger charge is -2.13. The highest BCUT2D eigenvalue weighted by molar-refractivity contribution is 6.34. The summed E-state index contributed by atoms with van der Waals surface area (Å²) in [6.07, 6.45) is 0. The van der Waals surface area contributed by atoms with E-state index >= 15 is 0 Å². The van der Waals surface area contributed by atoms with E-state index in [1.54, 1.807) is 31.2 Å². The number of carbonyl (C=O) groups excluding carboxylic acids is 2. The normalized spacial score (nSPS) is 13.8. The van der Waals surface area contributed by atoms with E-state index in [4.69, 9.17) is 0 Å². The molecule has 94 valence electrons. The first-order chi connectivity index (χ1) is 9.08. The molecule has 1 aliphatic heterocycles. The van der Waals surface area contributed by atoms with E-state index in [2.05, 4.69) is 4.98 Å². The van der Waals surface area contributed by atoms with E-state index in [0.29, 0.717) is 16.8 Å². The summed E-state index contributed by atoms with van der Waals surface area (Å²) in [5.41, 5.74) is 1.06. The molecule has 5 heteroatoms. The van der Waals surface area contributed by atoms with Gasteiger partial charge in [0, 0.05) is 17.8 Å². The maximum absolute atomic E-state index is 12.2. The Morgan fingerprint density at radius 2 is 1.53 bits per heavy atom. The number of benzene rings is 1. The molecule has 0 unspecified atom stereocenters. The molecule has 0 bridgehead atoms. The van der Waals surface area contributed by atoms with Crippen molar-refractivity contribution in [1.29, 1.82) is 0 Å². The second kappa shape index (κ2) is 3.91. The third-order valence-electron chi connectivity index (χ3n) is 3.00. The molecule has 1 N–H and O–H groups in total. The number of pyridine rings is 1. The lowest BCUT2D eigenvalue weighted by atomic mass is 10.1. The summed E-state index contributed by atoms with van der Waals surface area (Å²) in [5, 5.41) is 0. The zero-order valence-electron chi connectivity index (χ0n) is 10.1. The number of hydrogen-bond donors (Lipinski definition) is 1. The quantitative estimate of drug-likeness (QED) is 0.784.